The van der Waals surface area contributed by atoms with Gasteiger partial charge in [0.25, 0.3) is 5.91 Å². The summed E-state index contributed by atoms with van der Waals surface area (Å²) in [7, 11) is 0. The van der Waals surface area contributed by atoms with Crippen molar-refractivity contribution < 1.29 is 9.53 Å². The monoisotopic (exact) mass is 261 g/mol. The number of amides is 1. The lowest BCUT2D eigenvalue weighted by molar-refractivity contribution is -0.118. The molecule has 2 aliphatic rings. The molecular weight excluding hydrogens is 242 g/mol. The number of carbonyl (C=O) groups is 1. The lowest BCUT2D eigenvalue weighted by atomic mass is 9.83. The molecule has 0 atom stereocenters. The molecule has 3 rings (SSSR count). The summed E-state index contributed by atoms with van der Waals surface area (Å²) in [5, 5.41) is 6.13. The highest BCUT2D eigenvalue weighted by molar-refractivity contribution is 5.97. The molecule has 1 aromatic carbocycles. The van der Waals surface area contributed by atoms with Gasteiger partial charge in [-0.3, -0.25) is 4.79 Å². The van der Waals surface area contributed by atoms with E-state index >= 15 is 0 Å². The standard InChI is InChI=1S/C14H19N3O2/c15-10-6-13-12(17-14(18)8-19-13)7-11(10)16-5-4-9-2-1-3-9/h6-7,9,16H,1-5,8,15H2,(H,17,18). The van der Waals surface area contributed by atoms with Crippen molar-refractivity contribution in [3.05, 3.63) is 12.1 Å². The van der Waals surface area contributed by atoms with E-state index in [0.29, 0.717) is 17.1 Å². The van der Waals surface area contributed by atoms with Gasteiger partial charge < -0.3 is 21.1 Å². The normalized spacial score (nSPS) is 18.0. The minimum atomic E-state index is -0.127. The molecule has 0 unspecified atom stereocenters. The molecule has 1 aliphatic heterocycles. The fraction of sp³-hybridized carbons (Fsp3) is 0.500. The minimum absolute atomic E-state index is 0.0564. The number of fused-ring (bicyclic) bond motifs is 1. The lowest BCUT2D eigenvalue weighted by Gasteiger charge is -2.26. The molecule has 1 saturated carbocycles. The summed E-state index contributed by atoms with van der Waals surface area (Å²) in [4.78, 5) is 11.3. The number of rotatable bonds is 4. The summed E-state index contributed by atoms with van der Waals surface area (Å²) < 4.78 is 5.32. The molecule has 5 nitrogen and oxygen atoms in total. The van der Waals surface area contributed by atoms with Crippen LogP contribution in [0.25, 0.3) is 0 Å². The van der Waals surface area contributed by atoms with E-state index in [-0.39, 0.29) is 12.5 Å². The molecule has 19 heavy (non-hydrogen) atoms. The number of hydrogen-bond acceptors (Lipinski definition) is 4. The molecule has 0 spiro atoms. The van der Waals surface area contributed by atoms with E-state index in [0.717, 1.165) is 18.2 Å². The van der Waals surface area contributed by atoms with E-state index in [2.05, 4.69) is 10.6 Å². The first kappa shape index (κ1) is 12.1. The van der Waals surface area contributed by atoms with E-state index < -0.39 is 0 Å². The fourth-order valence-corrected chi connectivity index (χ4v) is 2.49. The summed E-state index contributed by atoms with van der Waals surface area (Å²) in [6, 6.07) is 3.61. The van der Waals surface area contributed by atoms with Crippen LogP contribution >= 0.6 is 0 Å². The van der Waals surface area contributed by atoms with E-state index in [1.54, 1.807) is 6.07 Å². The van der Waals surface area contributed by atoms with Crippen LogP contribution in [-0.2, 0) is 4.79 Å². The van der Waals surface area contributed by atoms with Gasteiger partial charge in [-0.2, -0.15) is 0 Å². The topological polar surface area (TPSA) is 76.4 Å². The summed E-state index contributed by atoms with van der Waals surface area (Å²) in [6.07, 6.45) is 5.25. The van der Waals surface area contributed by atoms with Crippen LogP contribution in [0.3, 0.4) is 0 Å². The van der Waals surface area contributed by atoms with E-state index in [4.69, 9.17) is 10.5 Å². The van der Waals surface area contributed by atoms with Gasteiger partial charge in [-0.15, -0.1) is 0 Å². The first-order valence-corrected chi connectivity index (χ1v) is 6.82. The van der Waals surface area contributed by atoms with Crippen LogP contribution in [0.1, 0.15) is 25.7 Å². The van der Waals surface area contributed by atoms with Gasteiger partial charge >= 0.3 is 0 Å². The van der Waals surface area contributed by atoms with Gasteiger partial charge in [0, 0.05) is 12.6 Å². The van der Waals surface area contributed by atoms with Crippen LogP contribution in [0.5, 0.6) is 5.75 Å². The van der Waals surface area contributed by atoms with Crippen molar-refractivity contribution in [2.24, 2.45) is 5.92 Å². The molecule has 1 heterocycles. The summed E-state index contributed by atoms with van der Waals surface area (Å²) in [6.45, 7) is 0.976. The number of anilines is 3. The van der Waals surface area contributed by atoms with Crippen molar-refractivity contribution >= 4 is 23.0 Å². The van der Waals surface area contributed by atoms with Gasteiger partial charge in [-0.1, -0.05) is 19.3 Å². The smallest absolute Gasteiger partial charge is 0.262 e. The minimum Gasteiger partial charge on any atom is -0.482 e. The Balaban J connectivity index is 1.66. The second-order valence-electron chi connectivity index (χ2n) is 5.28. The van der Waals surface area contributed by atoms with Crippen molar-refractivity contribution in [3.8, 4) is 5.75 Å². The van der Waals surface area contributed by atoms with Gasteiger partial charge in [0.15, 0.2) is 6.61 Å². The molecule has 0 saturated heterocycles. The molecule has 0 bridgehead atoms. The second-order valence-corrected chi connectivity index (χ2v) is 5.28. The quantitative estimate of drug-likeness (QED) is 0.726. The largest absolute Gasteiger partial charge is 0.482 e. The fourth-order valence-electron chi connectivity index (χ4n) is 2.49. The highest BCUT2D eigenvalue weighted by Crippen LogP contribution is 2.35. The third kappa shape index (κ3) is 2.59. The average Bonchev–Trinajstić information content (AvgIpc) is 2.33. The maximum absolute atomic E-state index is 11.3. The number of hydrogen-bond donors (Lipinski definition) is 3. The molecule has 0 aromatic heterocycles. The highest BCUT2D eigenvalue weighted by Gasteiger charge is 2.19. The van der Waals surface area contributed by atoms with E-state index in [9.17, 15) is 4.79 Å². The molecule has 102 valence electrons. The third-order valence-electron chi connectivity index (χ3n) is 3.88. The van der Waals surface area contributed by atoms with Crippen LogP contribution < -0.4 is 21.1 Å². The molecule has 1 aliphatic carbocycles. The zero-order valence-corrected chi connectivity index (χ0v) is 10.9. The number of ether oxygens (including phenoxy) is 1. The summed E-state index contributed by atoms with van der Waals surface area (Å²) in [5.41, 5.74) is 8.20. The Kier molecular flexibility index (Phi) is 3.19. The maximum atomic E-state index is 11.3. The predicted molar refractivity (Wildman–Crippen MR) is 75.4 cm³/mol. The highest BCUT2D eigenvalue weighted by atomic mass is 16.5. The molecule has 4 N–H and O–H groups in total. The third-order valence-corrected chi connectivity index (χ3v) is 3.88. The van der Waals surface area contributed by atoms with E-state index in [1.807, 2.05) is 6.07 Å². The zero-order chi connectivity index (χ0) is 13.2. The van der Waals surface area contributed by atoms with Gasteiger partial charge in [0.2, 0.25) is 0 Å². The van der Waals surface area contributed by atoms with Crippen molar-refractivity contribution in [2.45, 2.75) is 25.7 Å². The number of nitrogens with one attached hydrogen (secondary N) is 2. The Morgan fingerprint density at radius 2 is 2.26 bits per heavy atom. The first-order chi connectivity index (χ1) is 9.22. The van der Waals surface area contributed by atoms with Crippen LogP contribution in [0.4, 0.5) is 17.1 Å². The number of benzene rings is 1. The van der Waals surface area contributed by atoms with Gasteiger partial charge in [0.1, 0.15) is 5.75 Å². The number of nitrogens with two attached hydrogens (primary N) is 1. The number of nitrogen functional groups attached to an aromatic ring is 1. The summed E-state index contributed by atoms with van der Waals surface area (Å²) in [5.74, 6) is 1.38. The molecule has 1 fully saturated rings. The Labute approximate surface area is 112 Å². The first-order valence-electron chi connectivity index (χ1n) is 6.82. The Morgan fingerprint density at radius 1 is 1.42 bits per heavy atom. The lowest BCUT2D eigenvalue weighted by Crippen LogP contribution is -2.25. The van der Waals surface area contributed by atoms with Crippen LogP contribution in [-0.4, -0.2) is 19.1 Å². The Bertz CT molecular complexity index is 498. The molecule has 0 radical (unpaired) electrons. The van der Waals surface area contributed by atoms with Crippen molar-refractivity contribution in [1.82, 2.24) is 0 Å². The second kappa shape index (κ2) is 4.99. The predicted octanol–water partition coefficient (Wildman–Crippen LogP) is 2.20. The van der Waals surface area contributed by atoms with Crippen LogP contribution in [0.15, 0.2) is 12.1 Å². The number of carbonyl (C=O) groups excluding carboxylic acids is 1. The Morgan fingerprint density at radius 3 is 3.00 bits per heavy atom. The van der Waals surface area contributed by atoms with Crippen LogP contribution in [0.2, 0.25) is 0 Å². The van der Waals surface area contributed by atoms with Crippen molar-refractivity contribution in [3.63, 3.8) is 0 Å². The van der Waals surface area contributed by atoms with Gasteiger partial charge in [0.05, 0.1) is 17.1 Å². The van der Waals surface area contributed by atoms with E-state index in [1.165, 1.54) is 25.7 Å². The van der Waals surface area contributed by atoms with Crippen molar-refractivity contribution in [1.29, 1.82) is 0 Å². The molecule has 1 amide bonds. The SMILES string of the molecule is Nc1cc2c(cc1NCCC1CCC1)NC(=O)CO2. The average molecular weight is 261 g/mol. The molecule has 5 heteroatoms. The van der Waals surface area contributed by atoms with Gasteiger partial charge in [-0.25, -0.2) is 0 Å². The maximum Gasteiger partial charge on any atom is 0.262 e. The molecular formula is C14H19N3O2. The van der Waals surface area contributed by atoms with Crippen molar-refractivity contribution in [2.75, 3.05) is 29.5 Å². The van der Waals surface area contributed by atoms with Gasteiger partial charge in [-0.05, 0) is 18.4 Å². The summed E-state index contributed by atoms with van der Waals surface area (Å²) >= 11 is 0. The zero-order valence-electron chi connectivity index (χ0n) is 10.9. The molecule has 1 aromatic rings. The Hall–Kier alpha value is -1.91. The van der Waals surface area contributed by atoms with Crippen LogP contribution in [0, 0.1) is 5.92 Å².